The molecule has 3 aromatic heterocycles. The number of pyridine rings is 2. The van der Waals surface area contributed by atoms with Crippen molar-refractivity contribution in [2.75, 3.05) is 38.1 Å². The molecule has 0 unspecified atom stereocenters. The summed E-state index contributed by atoms with van der Waals surface area (Å²) in [5, 5.41) is 4.33. The van der Waals surface area contributed by atoms with Crippen LogP contribution < -0.4 is 15.8 Å². The van der Waals surface area contributed by atoms with Gasteiger partial charge in [0.15, 0.2) is 0 Å². The number of aromatic nitrogens is 3. The number of piperazine rings is 1. The maximum absolute atomic E-state index is 12.3. The zero-order chi connectivity index (χ0) is 22.2. The molecule has 0 radical (unpaired) electrons. The lowest BCUT2D eigenvalue weighted by atomic mass is 10.1. The highest BCUT2D eigenvalue weighted by Gasteiger charge is 2.20. The average Bonchev–Trinajstić information content (AvgIpc) is 3.30. The number of hydrogen-bond donors (Lipinski definition) is 3. The maximum Gasteiger partial charge on any atom is 0.269 e. The third-order valence-electron chi connectivity index (χ3n) is 6.23. The van der Waals surface area contributed by atoms with Gasteiger partial charge in [-0.05, 0) is 36.8 Å². The smallest absolute Gasteiger partial charge is 0.269 e. The minimum Gasteiger partial charge on any atom is -0.368 e. The van der Waals surface area contributed by atoms with Crippen molar-refractivity contribution in [2.24, 2.45) is 0 Å². The van der Waals surface area contributed by atoms with Gasteiger partial charge in [-0.3, -0.25) is 14.5 Å². The van der Waals surface area contributed by atoms with E-state index < -0.39 is 0 Å². The molecule has 0 atom stereocenters. The molecule has 0 aliphatic carbocycles. The quantitative estimate of drug-likeness (QED) is 0.462. The Morgan fingerprint density at radius 2 is 1.91 bits per heavy atom. The zero-order valence-electron chi connectivity index (χ0n) is 18.2. The molecule has 8 nitrogen and oxygen atoms in total. The molecule has 1 aliphatic rings. The third-order valence-corrected chi connectivity index (χ3v) is 6.23. The Morgan fingerprint density at radius 3 is 2.66 bits per heavy atom. The number of rotatable bonds is 4. The van der Waals surface area contributed by atoms with Crippen LogP contribution >= 0.6 is 0 Å². The second-order valence-corrected chi connectivity index (χ2v) is 8.24. The van der Waals surface area contributed by atoms with E-state index in [1.54, 1.807) is 19.3 Å². The number of anilines is 1. The Bertz CT molecular complexity index is 1360. The van der Waals surface area contributed by atoms with Crippen molar-refractivity contribution in [3.63, 3.8) is 0 Å². The summed E-state index contributed by atoms with van der Waals surface area (Å²) in [7, 11) is 1.61. The van der Waals surface area contributed by atoms with E-state index in [0.717, 1.165) is 60.5 Å². The number of fused-ring (bicyclic) bond motifs is 3. The Morgan fingerprint density at radius 1 is 1.09 bits per heavy atom. The molecule has 8 heteroatoms. The normalized spacial score (nSPS) is 14.9. The number of carbonyl (C=O) groups is 1. The lowest BCUT2D eigenvalue weighted by molar-refractivity contribution is 0.0958. The van der Waals surface area contributed by atoms with Gasteiger partial charge in [-0.25, -0.2) is 4.98 Å². The van der Waals surface area contributed by atoms with Crippen molar-refractivity contribution >= 4 is 33.4 Å². The predicted molar refractivity (Wildman–Crippen MR) is 126 cm³/mol. The molecule has 32 heavy (non-hydrogen) atoms. The third kappa shape index (κ3) is 3.62. The summed E-state index contributed by atoms with van der Waals surface area (Å²) in [4.78, 5) is 39.5. The summed E-state index contributed by atoms with van der Waals surface area (Å²) < 4.78 is 0. The first-order chi connectivity index (χ1) is 15.5. The highest BCUT2D eigenvalue weighted by Crippen LogP contribution is 2.23. The van der Waals surface area contributed by atoms with Gasteiger partial charge in [-0.2, -0.15) is 0 Å². The molecule has 0 saturated carbocycles. The lowest BCUT2D eigenvalue weighted by Crippen LogP contribution is -2.46. The second kappa shape index (κ2) is 8.12. The van der Waals surface area contributed by atoms with Gasteiger partial charge < -0.3 is 20.2 Å². The number of H-pyrrole nitrogens is 2. The van der Waals surface area contributed by atoms with Gasteiger partial charge in [0.25, 0.3) is 11.5 Å². The van der Waals surface area contributed by atoms with Crippen molar-refractivity contribution in [2.45, 2.75) is 13.5 Å². The molecule has 1 aliphatic heterocycles. The summed E-state index contributed by atoms with van der Waals surface area (Å²) >= 11 is 0. The number of hydrogen-bond acceptors (Lipinski definition) is 5. The molecule has 4 heterocycles. The zero-order valence-corrected chi connectivity index (χ0v) is 18.2. The van der Waals surface area contributed by atoms with E-state index in [9.17, 15) is 9.59 Å². The second-order valence-electron chi connectivity index (χ2n) is 8.24. The van der Waals surface area contributed by atoms with Crippen LogP contribution in [-0.4, -0.2) is 59.0 Å². The van der Waals surface area contributed by atoms with Crippen LogP contribution in [0.4, 0.5) is 5.69 Å². The lowest BCUT2D eigenvalue weighted by Gasteiger charge is -2.36. The minimum absolute atomic E-state index is 0.0640. The molecule has 3 N–H and O–H groups in total. The van der Waals surface area contributed by atoms with E-state index >= 15 is 0 Å². The highest BCUT2D eigenvalue weighted by molar-refractivity contribution is 6.03. The van der Waals surface area contributed by atoms with Gasteiger partial charge in [0, 0.05) is 51.4 Å². The number of aromatic amines is 2. The van der Waals surface area contributed by atoms with Gasteiger partial charge in [0.05, 0.1) is 27.8 Å². The first kappa shape index (κ1) is 20.3. The Hall–Kier alpha value is -3.65. The van der Waals surface area contributed by atoms with E-state index in [1.165, 1.54) is 5.56 Å². The fourth-order valence-corrected chi connectivity index (χ4v) is 4.53. The number of carbonyl (C=O) groups excluding carboxylic acids is 1. The van der Waals surface area contributed by atoms with Crippen LogP contribution in [0, 0.1) is 6.92 Å². The van der Waals surface area contributed by atoms with Crippen LogP contribution in [0.15, 0.2) is 47.4 Å². The maximum atomic E-state index is 12.3. The summed E-state index contributed by atoms with van der Waals surface area (Å²) in [6.45, 7) is 6.44. The number of nitrogens with zero attached hydrogens (tertiary/aromatic N) is 3. The van der Waals surface area contributed by atoms with Gasteiger partial charge in [-0.15, -0.1) is 0 Å². The van der Waals surface area contributed by atoms with E-state index in [-0.39, 0.29) is 11.5 Å². The molecule has 1 saturated heterocycles. The van der Waals surface area contributed by atoms with Crippen LogP contribution in [0.3, 0.4) is 0 Å². The van der Waals surface area contributed by atoms with Crippen LogP contribution in [0.2, 0.25) is 0 Å². The molecule has 0 bridgehead atoms. The van der Waals surface area contributed by atoms with E-state index in [2.05, 4.69) is 48.3 Å². The molecule has 164 valence electrons. The fraction of sp³-hybridized carbons (Fsp3) is 0.292. The first-order valence-corrected chi connectivity index (χ1v) is 10.8. The number of nitrogens with one attached hydrogen (secondary N) is 3. The first-order valence-electron chi connectivity index (χ1n) is 10.8. The van der Waals surface area contributed by atoms with Crippen LogP contribution in [0.25, 0.3) is 21.8 Å². The Kier molecular flexibility index (Phi) is 5.14. The molecule has 1 fully saturated rings. The van der Waals surface area contributed by atoms with Crippen LogP contribution in [0.1, 0.15) is 21.7 Å². The van der Waals surface area contributed by atoms with Crippen LogP contribution in [-0.2, 0) is 6.54 Å². The summed E-state index contributed by atoms with van der Waals surface area (Å²) in [6.07, 6.45) is 1.80. The molecule has 4 aromatic rings. The summed E-state index contributed by atoms with van der Waals surface area (Å²) in [5.41, 5.74) is 5.25. The fourth-order valence-electron chi connectivity index (χ4n) is 4.53. The highest BCUT2D eigenvalue weighted by atomic mass is 16.1. The molecular weight excluding hydrogens is 404 g/mol. The molecule has 5 rings (SSSR count). The average molecular weight is 431 g/mol. The van der Waals surface area contributed by atoms with Crippen molar-refractivity contribution in [1.29, 1.82) is 0 Å². The largest absolute Gasteiger partial charge is 0.368 e. The standard InChI is InChI=1S/C24H26N6O2/c1-15-21(6-5-19(27-15)24(32)25-2)30-11-9-29(10-12-30)14-16-3-4-17-20(13-16)28-23(31)18-7-8-26-22(17)18/h3-8,13,26H,9-12,14H2,1-2H3,(H,25,32)(H,28,31). The monoisotopic (exact) mass is 430 g/mol. The molecule has 1 aromatic carbocycles. The minimum atomic E-state index is -0.168. The van der Waals surface area contributed by atoms with Crippen LogP contribution in [0.5, 0.6) is 0 Å². The number of amides is 1. The molecule has 1 amide bonds. The summed E-state index contributed by atoms with van der Waals surface area (Å²) in [6, 6.07) is 11.9. The van der Waals surface area contributed by atoms with Gasteiger partial charge in [-0.1, -0.05) is 12.1 Å². The molecule has 0 spiro atoms. The Labute approximate surface area is 185 Å². The SMILES string of the molecule is CNC(=O)c1ccc(N2CCN(Cc3ccc4c(c3)[nH]c(=O)c3cc[nH]c34)CC2)c(C)n1. The van der Waals surface area contributed by atoms with Crippen molar-refractivity contribution in [3.05, 3.63) is 69.9 Å². The number of aryl methyl sites for hydroxylation is 1. The van der Waals surface area contributed by atoms with Gasteiger partial charge in [0.1, 0.15) is 5.69 Å². The van der Waals surface area contributed by atoms with Gasteiger partial charge in [0.2, 0.25) is 0 Å². The number of benzene rings is 1. The topological polar surface area (TPSA) is 97.1 Å². The predicted octanol–water partition coefficient (Wildman–Crippen LogP) is 2.39. The van der Waals surface area contributed by atoms with Crippen molar-refractivity contribution < 1.29 is 4.79 Å². The Balaban J connectivity index is 1.28. The van der Waals surface area contributed by atoms with Crippen molar-refractivity contribution in [1.82, 2.24) is 25.2 Å². The summed E-state index contributed by atoms with van der Waals surface area (Å²) in [5.74, 6) is -0.168. The van der Waals surface area contributed by atoms with E-state index in [4.69, 9.17) is 0 Å². The van der Waals surface area contributed by atoms with Gasteiger partial charge >= 0.3 is 0 Å². The van der Waals surface area contributed by atoms with E-state index in [0.29, 0.717) is 11.1 Å². The van der Waals surface area contributed by atoms with Crippen molar-refractivity contribution in [3.8, 4) is 0 Å². The van der Waals surface area contributed by atoms with E-state index in [1.807, 2.05) is 19.1 Å². The molecular formula is C24H26N6O2.